The molecule has 0 amide bonds. The van der Waals surface area contributed by atoms with Crippen molar-refractivity contribution in [2.45, 2.75) is 6.61 Å². The Kier molecular flexibility index (Phi) is 4.27. The van der Waals surface area contributed by atoms with E-state index in [-0.39, 0.29) is 0 Å². The summed E-state index contributed by atoms with van der Waals surface area (Å²) >= 11 is 5.82. The number of nitrogens with zero attached hydrogens (tertiary/aromatic N) is 1. The number of hydrogen-bond donors (Lipinski definition) is 0. The fraction of sp³-hybridized carbons (Fsp3) is 0.133. The van der Waals surface area contributed by atoms with E-state index in [0.717, 1.165) is 5.56 Å². The minimum absolute atomic E-state index is 0.353. The highest BCUT2D eigenvalue weighted by Crippen LogP contribution is 2.31. The fourth-order valence-corrected chi connectivity index (χ4v) is 1.78. The van der Waals surface area contributed by atoms with Gasteiger partial charge in [0, 0.05) is 5.02 Å². The van der Waals surface area contributed by atoms with E-state index in [9.17, 15) is 0 Å². The standard InChI is InChI=1S/C15H12ClNO2/c1-18-14-4-2-3-12(9-17)15(14)19-10-11-5-7-13(16)8-6-11/h2-8H,10H2,1H3. The second kappa shape index (κ2) is 6.12. The highest BCUT2D eigenvalue weighted by Gasteiger charge is 2.10. The third kappa shape index (κ3) is 3.18. The molecule has 0 bridgehead atoms. The Labute approximate surface area is 117 Å². The monoisotopic (exact) mass is 273 g/mol. The molecule has 0 saturated heterocycles. The van der Waals surface area contributed by atoms with E-state index in [1.54, 1.807) is 37.4 Å². The average molecular weight is 274 g/mol. The minimum atomic E-state index is 0.353. The summed E-state index contributed by atoms with van der Waals surface area (Å²) in [6.07, 6.45) is 0. The summed E-state index contributed by atoms with van der Waals surface area (Å²) in [5.41, 5.74) is 1.42. The van der Waals surface area contributed by atoms with Gasteiger partial charge in [0.2, 0.25) is 0 Å². The Balaban J connectivity index is 2.19. The van der Waals surface area contributed by atoms with Crippen molar-refractivity contribution in [2.75, 3.05) is 7.11 Å². The van der Waals surface area contributed by atoms with Crippen molar-refractivity contribution < 1.29 is 9.47 Å². The van der Waals surface area contributed by atoms with Gasteiger partial charge in [-0.2, -0.15) is 5.26 Å². The summed E-state index contributed by atoms with van der Waals surface area (Å²) in [4.78, 5) is 0. The van der Waals surface area contributed by atoms with Gasteiger partial charge in [0.1, 0.15) is 12.7 Å². The van der Waals surface area contributed by atoms with Crippen LogP contribution in [-0.2, 0) is 6.61 Å². The maximum Gasteiger partial charge on any atom is 0.179 e. The number of benzene rings is 2. The van der Waals surface area contributed by atoms with Gasteiger partial charge in [-0.25, -0.2) is 0 Å². The van der Waals surface area contributed by atoms with E-state index < -0.39 is 0 Å². The van der Waals surface area contributed by atoms with Crippen molar-refractivity contribution in [3.8, 4) is 17.6 Å². The molecular weight excluding hydrogens is 262 g/mol. The first-order valence-corrected chi connectivity index (χ1v) is 6.06. The maximum absolute atomic E-state index is 9.07. The van der Waals surface area contributed by atoms with Crippen molar-refractivity contribution >= 4 is 11.6 Å². The number of methoxy groups -OCH3 is 1. The molecule has 0 aliphatic carbocycles. The first kappa shape index (κ1) is 13.3. The van der Waals surface area contributed by atoms with Crippen molar-refractivity contribution in [1.82, 2.24) is 0 Å². The van der Waals surface area contributed by atoms with Gasteiger partial charge >= 0.3 is 0 Å². The van der Waals surface area contributed by atoms with Crippen LogP contribution in [0.1, 0.15) is 11.1 Å². The van der Waals surface area contributed by atoms with Crippen LogP contribution in [0.4, 0.5) is 0 Å². The SMILES string of the molecule is COc1cccc(C#N)c1OCc1ccc(Cl)cc1. The molecule has 0 atom stereocenters. The van der Waals surface area contributed by atoms with Crippen LogP contribution in [0.3, 0.4) is 0 Å². The molecule has 0 aromatic heterocycles. The third-order valence-corrected chi connectivity index (χ3v) is 2.87. The summed E-state index contributed by atoms with van der Waals surface area (Å²) in [5.74, 6) is 1.01. The van der Waals surface area contributed by atoms with E-state index in [2.05, 4.69) is 6.07 Å². The highest BCUT2D eigenvalue weighted by atomic mass is 35.5. The Morgan fingerprint density at radius 1 is 1.16 bits per heavy atom. The van der Waals surface area contributed by atoms with E-state index in [4.69, 9.17) is 26.3 Å². The summed E-state index contributed by atoms with van der Waals surface area (Å²) in [5, 5.41) is 9.75. The highest BCUT2D eigenvalue weighted by molar-refractivity contribution is 6.30. The van der Waals surface area contributed by atoms with Crippen LogP contribution >= 0.6 is 11.6 Å². The number of ether oxygens (including phenoxy) is 2. The van der Waals surface area contributed by atoms with Crippen molar-refractivity contribution in [3.05, 3.63) is 58.6 Å². The fourth-order valence-electron chi connectivity index (χ4n) is 1.65. The van der Waals surface area contributed by atoms with Gasteiger partial charge in [-0.15, -0.1) is 0 Å². The normalized spacial score (nSPS) is 9.74. The van der Waals surface area contributed by atoms with Crippen LogP contribution < -0.4 is 9.47 Å². The maximum atomic E-state index is 9.07. The molecule has 0 aliphatic rings. The summed E-state index contributed by atoms with van der Waals surface area (Å²) in [6, 6.07) is 14.7. The summed E-state index contributed by atoms with van der Waals surface area (Å²) in [7, 11) is 1.55. The summed E-state index contributed by atoms with van der Waals surface area (Å²) < 4.78 is 10.9. The Morgan fingerprint density at radius 2 is 1.89 bits per heavy atom. The molecule has 19 heavy (non-hydrogen) atoms. The predicted molar refractivity (Wildman–Crippen MR) is 73.5 cm³/mol. The number of hydrogen-bond acceptors (Lipinski definition) is 3. The predicted octanol–water partition coefficient (Wildman–Crippen LogP) is 3.80. The van der Waals surface area contributed by atoms with Gasteiger partial charge in [-0.3, -0.25) is 0 Å². The van der Waals surface area contributed by atoms with E-state index >= 15 is 0 Å². The summed E-state index contributed by atoms with van der Waals surface area (Å²) in [6.45, 7) is 0.353. The molecular formula is C15H12ClNO2. The second-order valence-electron chi connectivity index (χ2n) is 3.86. The Hall–Kier alpha value is -2.18. The van der Waals surface area contributed by atoms with Gasteiger partial charge in [0.05, 0.1) is 12.7 Å². The van der Waals surface area contributed by atoms with Crippen LogP contribution in [0.25, 0.3) is 0 Å². The molecule has 0 fully saturated rings. The zero-order chi connectivity index (χ0) is 13.7. The first-order chi connectivity index (χ1) is 9.24. The molecule has 2 rings (SSSR count). The van der Waals surface area contributed by atoms with Gasteiger partial charge in [-0.1, -0.05) is 29.8 Å². The van der Waals surface area contributed by atoms with Crippen molar-refractivity contribution in [1.29, 1.82) is 5.26 Å². The minimum Gasteiger partial charge on any atom is -0.493 e. The quantitative estimate of drug-likeness (QED) is 0.851. The lowest BCUT2D eigenvalue weighted by Crippen LogP contribution is -1.99. The van der Waals surface area contributed by atoms with Gasteiger partial charge in [0.25, 0.3) is 0 Å². The Morgan fingerprint density at radius 3 is 2.53 bits per heavy atom. The molecule has 2 aromatic carbocycles. The van der Waals surface area contributed by atoms with Crippen LogP contribution in [0.2, 0.25) is 5.02 Å². The lowest BCUT2D eigenvalue weighted by molar-refractivity contribution is 0.283. The number of halogens is 1. The molecule has 0 aliphatic heterocycles. The Bertz CT molecular complexity index is 603. The first-order valence-electron chi connectivity index (χ1n) is 5.69. The van der Waals surface area contributed by atoms with Gasteiger partial charge in [0.15, 0.2) is 11.5 Å². The molecule has 4 heteroatoms. The lowest BCUT2D eigenvalue weighted by atomic mass is 10.2. The van der Waals surface area contributed by atoms with Crippen LogP contribution in [0.15, 0.2) is 42.5 Å². The molecule has 2 aromatic rings. The largest absolute Gasteiger partial charge is 0.493 e. The molecule has 0 N–H and O–H groups in total. The molecule has 3 nitrogen and oxygen atoms in total. The zero-order valence-electron chi connectivity index (χ0n) is 10.4. The second-order valence-corrected chi connectivity index (χ2v) is 4.30. The molecule has 0 spiro atoms. The molecule has 0 saturated carbocycles. The van der Waals surface area contributed by atoms with Crippen LogP contribution in [-0.4, -0.2) is 7.11 Å². The van der Waals surface area contributed by atoms with Crippen molar-refractivity contribution in [2.24, 2.45) is 0 Å². The molecule has 0 radical (unpaired) electrons. The van der Waals surface area contributed by atoms with E-state index in [1.807, 2.05) is 12.1 Å². The smallest absolute Gasteiger partial charge is 0.179 e. The molecule has 0 unspecified atom stereocenters. The number of para-hydroxylation sites is 1. The third-order valence-electron chi connectivity index (χ3n) is 2.62. The van der Waals surface area contributed by atoms with E-state index in [1.165, 1.54) is 0 Å². The van der Waals surface area contributed by atoms with E-state index in [0.29, 0.717) is 28.7 Å². The van der Waals surface area contributed by atoms with Gasteiger partial charge < -0.3 is 9.47 Å². The number of rotatable bonds is 4. The topological polar surface area (TPSA) is 42.2 Å². The molecule has 96 valence electrons. The lowest BCUT2D eigenvalue weighted by Gasteiger charge is -2.12. The molecule has 0 heterocycles. The van der Waals surface area contributed by atoms with Crippen molar-refractivity contribution in [3.63, 3.8) is 0 Å². The van der Waals surface area contributed by atoms with Crippen LogP contribution in [0, 0.1) is 11.3 Å². The van der Waals surface area contributed by atoms with Gasteiger partial charge in [-0.05, 0) is 29.8 Å². The number of nitriles is 1. The van der Waals surface area contributed by atoms with Crippen LogP contribution in [0.5, 0.6) is 11.5 Å². The zero-order valence-corrected chi connectivity index (χ0v) is 11.1. The average Bonchev–Trinajstić information content (AvgIpc) is 2.46.